The molecule has 2 rings (SSSR count). The average Bonchev–Trinajstić information content (AvgIpc) is 2.91. The van der Waals surface area contributed by atoms with Crippen LogP contribution < -0.4 is 16.0 Å². The van der Waals surface area contributed by atoms with Crippen LogP contribution in [0.5, 0.6) is 0 Å². The van der Waals surface area contributed by atoms with Gasteiger partial charge in [-0.1, -0.05) is 11.6 Å². The molecule has 0 aromatic carbocycles. The summed E-state index contributed by atoms with van der Waals surface area (Å²) in [5, 5.41) is 16.4. The number of ether oxygens (including phenoxy) is 1. The predicted octanol–water partition coefficient (Wildman–Crippen LogP) is 2.35. The molecule has 0 unspecified atom stereocenters. The molecule has 1 aliphatic carbocycles. The average molecular weight is 370 g/mol. The fraction of sp³-hybridized carbons (Fsp3) is 0.625. The second-order valence-electron chi connectivity index (χ2n) is 7.01. The zero-order valence-corrected chi connectivity index (χ0v) is 15.6. The van der Waals surface area contributed by atoms with E-state index >= 15 is 0 Å². The molecule has 138 valence electrons. The number of rotatable bonds is 4. The number of carbonyl (C=O) groups excluding carboxylic acids is 2. The minimum atomic E-state index is -0.526. The number of halogens is 1. The van der Waals surface area contributed by atoms with Crippen molar-refractivity contribution < 1.29 is 14.3 Å². The molecule has 0 aliphatic heterocycles. The SMILES string of the molecule is CNC(=O)c1nnc(Cl)cc1N[C@@H]1CC[C@@H](NC(=O)OC(C)(C)C)C1. The first-order chi connectivity index (χ1) is 11.7. The number of hydrogen-bond acceptors (Lipinski definition) is 6. The molecule has 1 heterocycles. The van der Waals surface area contributed by atoms with Gasteiger partial charge in [-0.25, -0.2) is 4.79 Å². The topological polar surface area (TPSA) is 105 Å². The van der Waals surface area contributed by atoms with E-state index in [1.807, 2.05) is 20.8 Å². The van der Waals surface area contributed by atoms with Crippen molar-refractivity contribution in [3.8, 4) is 0 Å². The zero-order chi connectivity index (χ0) is 18.6. The van der Waals surface area contributed by atoms with Crippen molar-refractivity contribution >= 4 is 29.3 Å². The quantitative estimate of drug-likeness (QED) is 0.752. The van der Waals surface area contributed by atoms with Crippen molar-refractivity contribution in [1.82, 2.24) is 20.8 Å². The number of nitrogens with one attached hydrogen (secondary N) is 3. The number of aromatic nitrogens is 2. The van der Waals surface area contributed by atoms with E-state index in [0.29, 0.717) is 12.1 Å². The molecule has 0 radical (unpaired) electrons. The normalized spacial score (nSPS) is 20.0. The lowest BCUT2D eigenvalue weighted by molar-refractivity contribution is 0.0505. The number of anilines is 1. The highest BCUT2D eigenvalue weighted by molar-refractivity contribution is 6.29. The van der Waals surface area contributed by atoms with Gasteiger partial charge in [0.05, 0.1) is 5.69 Å². The molecule has 1 fully saturated rings. The molecule has 9 heteroatoms. The molecule has 1 aliphatic rings. The van der Waals surface area contributed by atoms with Crippen molar-refractivity contribution in [2.45, 2.75) is 57.7 Å². The summed E-state index contributed by atoms with van der Waals surface area (Å²) in [6.45, 7) is 5.48. The van der Waals surface area contributed by atoms with Gasteiger partial charge in [-0.3, -0.25) is 4.79 Å². The summed E-state index contributed by atoms with van der Waals surface area (Å²) in [7, 11) is 1.53. The maximum absolute atomic E-state index is 11.9. The minimum absolute atomic E-state index is 0.0149. The molecule has 2 amide bonds. The number of nitrogens with zero attached hydrogens (tertiary/aromatic N) is 2. The summed E-state index contributed by atoms with van der Waals surface area (Å²) in [5.74, 6) is -0.340. The Hall–Kier alpha value is -2.09. The van der Waals surface area contributed by atoms with Crippen LogP contribution in [-0.2, 0) is 4.74 Å². The van der Waals surface area contributed by atoms with Crippen LogP contribution in [-0.4, -0.2) is 46.9 Å². The van der Waals surface area contributed by atoms with Gasteiger partial charge in [0, 0.05) is 25.2 Å². The van der Waals surface area contributed by atoms with Gasteiger partial charge >= 0.3 is 6.09 Å². The van der Waals surface area contributed by atoms with E-state index in [2.05, 4.69) is 26.1 Å². The summed E-state index contributed by atoms with van der Waals surface area (Å²) in [6, 6.07) is 1.68. The van der Waals surface area contributed by atoms with Gasteiger partial charge in [-0.05, 0) is 40.0 Å². The van der Waals surface area contributed by atoms with E-state index in [1.54, 1.807) is 6.07 Å². The summed E-state index contributed by atoms with van der Waals surface area (Å²) >= 11 is 5.89. The Labute approximate surface area is 152 Å². The highest BCUT2D eigenvalue weighted by Crippen LogP contribution is 2.25. The van der Waals surface area contributed by atoms with Gasteiger partial charge < -0.3 is 20.7 Å². The maximum Gasteiger partial charge on any atom is 0.407 e. The van der Waals surface area contributed by atoms with Crippen LogP contribution >= 0.6 is 11.6 Å². The summed E-state index contributed by atoms with van der Waals surface area (Å²) < 4.78 is 5.27. The molecule has 1 aromatic rings. The number of hydrogen-bond donors (Lipinski definition) is 3. The first kappa shape index (κ1) is 19.2. The third-order valence-electron chi connectivity index (χ3n) is 3.72. The van der Waals surface area contributed by atoms with Crippen molar-refractivity contribution in [3.05, 3.63) is 16.9 Å². The van der Waals surface area contributed by atoms with Crippen molar-refractivity contribution in [1.29, 1.82) is 0 Å². The predicted molar refractivity (Wildman–Crippen MR) is 94.9 cm³/mol. The number of alkyl carbamates (subject to hydrolysis) is 1. The van der Waals surface area contributed by atoms with Gasteiger partial charge in [0.15, 0.2) is 10.8 Å². The van der Waals surface area contributed by atoms with E-state index in [9.17, 15) is 9.59 Å². The third-order valence-corrected chi connectivity index (χ3v) is 3.90. The Morgan fingerprint density at radius 1 is 1.24 bits per heavy atom. The lowest BCUT2D eigenvalue weighted by atomic mass is 10.2. The number of carbonyl (C=O) groups is 2. The lowest BCUT2D eigenvalue weighted by Gasteiger charge is -2.22. The molecular weight excluding hydrogens is 346 g/mol. The van der Waals surface area contributed by atoms with Crippen LogP contribution in [0.1, 0.15) is 50.5 Å². The van der Waals surface area contributed by atoms with Crippen molar-refractivity contribution in [2.75, 3.05) is 12.4 Å². The molecule has 0 bridgehead atoms. The minimum Gasteiger partial charge on any atom is -0.444 e. The maximum atomic E-state index is 11.9. The molecule has 3 N–H and O–H groups in total. The lowest BCUT2D eigenvalue weighted by Crippen LogP contribution is -2.38. The highest BCUT2D eigenvalue weighted by Gasteiger charge is 2.28. The monoisotopic (exact) mass is 369 g/mol. The Morgan fingerprint density at radius 3 is 2.56 bits per heavy atom. The smallest absolute Gasteiger partial charge is 0.407 e. The first-order valence-corrected chi connectivity index (χ1v) is 8.57. The fourth-order valence-electron chi connectivity index (χ4n) is 2.70. The largest absolute Gasteiger partial charge is 0.444 e. The number of amides is 2. The second kappa shape index (κ2) is 7.86. The second-order valence-corrected chi connectivity index (χ2v) is 7.39. The van der Waals surface area contributed by atoms with Gasteiger partial charge in [-0.2, -0.15) is 0 Å². The molecule has 1 saturated carbocycles. The fourth-order valence-corrected chi connectivity index (χ4v) is 2.85. The Kier molecular flexibility index (Phi) is 6.05. The van der Waals surface area contributed by atoms with E-state index in [0.717, 1.165) is 12.8 Å². The van der Waals surface area contributed by atoms with Crippen molar-refractivity contribution in [2.24, 2.45) is 0 Å². The molecule has 2 atom stereocenters. The van der Waals surface area contributed by atoms with E-state index in [1.165, 1.54) is 7.05 Å². The molecule has 1 aromatic heterocycles. The third kappa shape index (κ3) is 5.74. The molecular formula is C16H24ClN5O3. The van der Waals surface area contributed by atoms with Crippen LogP contribution in [0.3, 0.4) is 0 Å². The highest BCUT2D eigenvalue weighted by atomic mass is 35.5. The molecule has 0 spiro atoms. The van der Waals surface area contributed by atoms with Crippen molar-refractivity contribution in [3.63, 3.8) is 0 Å². The van der Waals surface area contributed by atoms with Gasteiger partial charge in [0.2, 0.25) is 0 Å². The van der Waals surface area contributed by atoms with Gasteiger partial charge in [-0.15, -0.1) is 10.2 Å². The molecule has 8 nitrogen and oxygen atoms in total. The van der Waals surface area contributed by atoms with E-state index in [-0.39, 0.29) is 28.8 Å². The van der Waals surface area contributed by atoms with Gasteiger partial charge in [0.25, 0.3) is 5.91 Å². The summed E-state index contributed by atoms with van der Waals surface area (Å²) in [5.41, 5.74) is 0.195. The standard InChI is InChI=1S/C16H24ClN5O3/c1-16(2,3)25-15(24)20-10-6-5-9(7-10)19-11-8-12(17)21-22-13(11)14(23)18-4/h8-10H,5-7H2,1-4H3,(H,18,23)(H,19,21)(H,20,24)/t9-,10-/m1/s1. The van der Waals surface area contributed by atoms with Crippen LogP contribution in [0.25, 0.3) is 0 Å². The molecule has 0 saturated heterocycles. The van der Waals surface area contributed by atoms with Crippen LogP contribution in [0, 0.1) is 0 Å². The van der Waals surface area contributed by atoms with E-state index < -0.39 is 11.7 Å². The molecule has 25 heavy (non-hydrogen) atoms. The van der Waals surface area contributed by atoms with Crippen LogP contribution in [0.2, 0.25) is 5.15 Å². The summed E-state index contributed by atoms with van der Waals surface area (Å²) in [4.78, 5) is 23.8. The Balaban J connectivity index is 1.96. The summed E-state index contributed by atoms with van der Waals surface area (Å²) in [6.07, 6.45) is 1.95. The van der Waals surface area contributed by atoms with Crippen LogP contribution in [0.4, 0.5) is 10.5 Å². The van der Waals surface area contributed by atoms with Crippen LogP contribution in [0.15, 0.2) is 6.07 Å². The van der Waals surface area contributed by atoms with Gasteiger partial charge in [0.1, 0.15) is 5.60 Å². The Bertz CT molecular complexity index is 647. The zero-order valence-electron chi connectivity index (χ0n) is 14.9. The first-order valence-electron chi connectivity index (χ1n) is 8.19. The Morgan fingerprint density at radius 2 is 1.92 bits per heavy atom. The van der Waals surface area contributed by atoms with E-state index in [4.69, 9.17) is 16.3 Å².